The molecule has 1 aliphatic carbocycles. The molecule has 0 aromatic heterocycles. The van der Waals surface area contributed by atoms with E-state index in [4.69, 9.17) is 0 Å². The van der Waals surface area contributed by atoms with E-state index < -0.39 is 0 Å². The van der Waals surface area contributed by atoms with Crippen LogP contribution in [0.2, 0.25) is 0 Å². The predicted octanol–water partition coefficient (Wildman–Crippen LogP) is 0.654. The fraction of sp³-hybridized carbons (Fsp3) is 0.909. The van der Waals surface area contributed by atoms with Crippen molar-refractivity contribution in [1.82, 2.24) is 15.5 Å². The van der Waals surface area contributed by atoms with Gasteiger partial charge in [0.25, 0.3) is 0 Å². The number of nitrogens with zero attached hydrogens (tertiary/aromatic N) is 2. The first-order valence-corrected chi connectivity index (χ1v) is 5.75. The molecule has 0 aliphatic heterocycles. The van der Waals surface area contributed by atoms with Crippen molar-refractivity contribution < 1.29 is 0 Å². The van der Waals surface area contributed by atoms with Crippen LogP contribution in [0.4, 0.5) is 0 Å². The average molecular weight is 212 g/mol. The lowest BCUT2D eigenvalue weighted by Crippen LogP contribution is -2.45. The summed E-state index contributed by atoms with van der Waals surface area (Å²) >= 11 is 0. The highest BCUT2D eigenvalue weighted by atomic mass is 15.2. The molecule has 0 saturated heterocycles. The van der Waals surface area contributed by atoms with Gasteiger partial charge < -0.3 is 15.5 Å². The van der Waals surface area contributed by atoms with Crippen LogP contribution >= 0.6 is 0 Å². The minimum absolute atomic E-state index is 0.590. The van der Waals surface area contributed by atoms with Crippen LogP contribution in [0.3, 0.4) is 0 Å². The van der Waals surface area contributed by atoms with Gasteiger partial charge in [0.15, 0.2) is 5.96 Å². The minimum atomic E-state index is 0.590. The first kappa shape index (κ1) is 12.3. The molecule has 0 aromatic carbocycles. The van der Waals surface area contributed by atoms with Gasteiger partial charge in [-0.15, -0.1) is 0 Å². The van der Waals surface area contributed by atoms with E-state index in [0.717, 1.165) is 12.0 Å². The third kappa shape index (κ3) is 3.70. The molecule has 0 aromatic rings. The second-order valence-electron chi connectivity index (χ2n) is 4.44. The van der Waals surface area contributed by atoms with Crippen molar-refractivity contribution in [2.45, 2.75) is 37.8 Å². The van der Waals surface area contributed by atoms with E-state index in [1.165, 1.54) is 25.7 Å². The highest BCUT2D eigenvalue weighted by Crippen LogP contribution is 2.21. The maximum Gasteiger partial charge on any atom is 0.190 e. The molecule has 4 heteroatoms. The second kappa shape index (κ2) is 5.95. The zero-order chi connectivity index (χ0) is 11.3. The summed E-state index contributed by atoms with van der Waals surface area (Å²) < 4.78 is 0. The maximum absolute atomic E-state index is 4.14. The van der Waals surface area contributed by atoms with Gasteiger partial charge in [0.05, 0.1) is 0 Å². The summed E-state index contributed by atoms with van der Waals surface area (Å²) in [4.78, 5) is 6.48. The van der Waals surface area contributed by atoms with Gasteiger partial charge in [0, 0.05) is 26.2 Å². The summed E-state index contributed by atoms with van der Waals surface area (Å²) in [5.41, 5.74) is 0. The van der Waals surface area contributed by atoms with Crippen molar-refractivity contribution in [3.05, 3.63) is 0 Å². The lowest BCUT2D eigenvalue weighted by molar-refractivity contribution is 0.211. The Morgan fingerprint density at radius 2 is 1.80 bits per heavy atom. The van der Waals surface area contributed by atoms with Gasteiger partial charge in [0.1, 0.15) is 0 Å². The maximum atomic E-state index is 4.14. The first-order valence-electron chi connectivity index (χ1n) is 5.75. The number of hydrogen-bond donors (Lipinski definition) is 2. The number of hydrogen-bond acceptors (Lipinski definition) is 2. The Balaban J connectivity index is 2.31. The van der Waals surface area contributed by atoms with Gasteiger partial charge in [0.2, 0.25) is 0 Å². The van der Waals surface area contributed by atoms with E-state index in [9.17, 15) is 0 Å². The molecule has 15 heavy (non-hydrogen) atoms. The molecule has 0 unspecified atom stereocenters. The summed E-state index contributed by atoms with van der Waals surface area (Å²) in [6, 6.07) is 1.35. The van der Waals surface area contributed by atoms with E-state index in [0.29, 0.717) is 6.04 Å². The normalized spacial score (nSPS) is 27.9. The summed E-state index contributed by atoms with van der Waals surface area (Å²) in [5.74, 6) is 0.906. The SMILES string of the molecule is CN=C(NC)NC1CCC(N(C)C)CC1. The van der Waals surface area contributed by atoms with E-state index in [2.05, 4.69) is 34.6 Å². The van der Waals surface area contributed by atoms with Crippen molar-refractivity contribution in [3.8, 4) is 0 Å². The predicted molar refractivity (Wildman–Crippen MR) is 65.3 cm³/mol. The molecule has 0 spiro atoms. The van der Waals surface area contributed by atoms with Gasteiger partial charge in [-0.3, -0.25) is 4.99 Å². The second-order valence-corrected chi connectivity index (χ2v) is 4.44. The monoisotopic (exact) mass is 212 g/mol. The lowest BCUT2D eigenvalue weighted by atomic mass is 9.90. The topological polar surface area (TPSA) is 39.7 Å². The summed E-state index contributed by atoms with van der Waals surface area (Å²) in [6.07, 6.45) is 5.05. The summed E-state index contributed by atoms with van der Waals surface area (Å²) in [5, 5.41) is 6.50. The number of nitrogens with one attached hydrogen (secondary N) is 2. The molecule has 2 N–H and O–H groups in total. The average Bonchev–Trinajstić information content (AvgIpc) is 2.26. The Labute approximate surface area is 93.1 Å². The molecule has 0 amide bonds. The molecule has 0 radical (unpaired) electrons. The van der Waals surface area contributed by atoms with Crippen LogP contribution in [0, 0.1) is 0 Å². The molecule has 1 fully saturated rings. The molecule has 1 saturated carbocycles. The van der Waals surface area contributed by atoms with Crippen LogP contribution < -0.4 is 10.6 Å². The smallest absolute Gasteiger partial charge is 0.190 e. The van der Waals surface area contributed by atoms with Crippen LogP contribution in [0.25, 0.3) is 0 Å². The van der Waals surface area contributed by atoms with E-state index in [1.54, 1.807) is 0 Å². The molecule has 88 valence electrons. The van der Waals surface area contributed by atoms with Crippen molar-refractivity contribution in [2.75, 3.05) is 28.2 Å². The van der Waals surface area contributed by atoms with Gasteiger partial charge in [-0.25, -0.2) is 0 Å². The Morgan fingerprint density at radius 3 is 2.20 bits per heavy atom. The highest BCUT2D eigenvalue weighted by Gasteiger charge is 2.22. The number of rotatable bonds is 2. The Bertz CT molecular complexity index is 205. The Morgan fingerprint density at radius 1 is 1.20 bits per heavy atom. The van der Waals surface area contributed by atoms with Crippen LogP contribution in [0.1, 0.15) is 25.7 Å². The molecule has 1 rings (SSSR count). The van der Waals surface area contributed by atoms with Crippen LogP contribution in [0.15, 0.2) is 4.99 Å². The summed E-state index contributed by atoms with van der Waals surface area (Å²) in [6.45, 7) is 0. The van der Waals surface area contributed by atoms with Gasteiger partial charge in [-0.1, -0.05) is 0 Å². The third-order valence-corrected chi connectivity index (χ3v) is 3.23. The van der Waals surface area contributed by atoms with Crippen molar-refractivity contribution in [2.24, 2.45) is 4.99 Å². The van der Waals surface area contributed by atoms with E-state index in [1.807, 2.05) is 14.1 Å². The highest BCUT2D eigenvalue weighted by molar-refractivity contribution is 5.79. The van der Waals surface area contributed by atoms with Crippen LogP contribution in [-0.4, -0.2) is 51.1 Å². The molecule has 4 nitrogen and oxygen atoms in total. The van der Waals surface area contributed by atoms with E-state index >= 15 is 0 Å². The summed E-state index contributed by atoms with van der Waals surface area (Å²) in [7, 11) is 8.06. The van der Waals surface area contributed by atoms with Crippen molar-refractivity contribution in [3.63, 3.8) is 0 Å². The first-order chi connectivity index (χ1) is 7.17. The van der Waals surface area contributed by atoms with Crippen LogP contribution in [0.5, 0.6) is 0 Å². The lowest BCUT2D eigenvalue weighted by Gasteiger charge is -2.33. The standard InChI is InChI=1S/C11H24N4/c1-12-11(13-2)14-9-5-7-10(8-6-9)15(3)4/h9-10H,5-8H2,1-4H3,(H2,12,13,14). The largest absolute Gasteiger partial charge is 0.359 e. The quantitative estimate of drug-likeness (QED) is 0.521. The zero-order valence-electron chi connectivity index (χ0n) is 10.4. The fourth-order valence-electron chi connectivity index (χ4n) is 2.18. The van der Waals surface area contributed by atoms with Crippen molar-refractivity contribution in [1.29, 1.82) is 0 Å². The number of guanidine groups is 1. The van der Waals surface area contributed by atoms with Crippen LogP contribution in [-0.2, 0) is 0 Å². The zero-order valence-corrected chi connectivity index (χ0v) is 10.4. The Kier molecular flexibility index (Phi) is 4.88. The molecular weight excluding hydrogens is 188 g/mol. The van der Waals surface area contributed by atoms with Crippen molar-refractivity contribution >= 4 is 5.96 Å². The number of aliphatic imine (C=N–C) groups is 1. The Hall–Kier alpha value is -0.770. The minimum Gasteiger partial charge on any atom is -0.359 e. The molecule has 1 aliphatic rings. The van der Waals surface area contributed by atoms with Gasteiger partial charge in [-0.2, -0.15) is 0 Å². The third-order valence-electron chi connectivity index (χ3n) is 3.23. The van der Waals surface area contributed by atoms with Gasteiger partial charge in [-0.05, 0) is 39.8 Å². The molecular formula is C11H24N4. The van der Waals surface area contributed by atoms with E-state index in [-0.39, 0.29) is 0 Å². The molecule has 0 heterocycles. The molecule has 0 bridgehead atoms. The van der Waals surface area contributed by atoms with Gasteiger partial charge >= 0.3 is 0 Å². The fourth-order valence-corrected chi connectivity index (χ4v) is 2.18. The molecule has 0 atom stereocenters.